The SMILES string of the molecule is C=CSC(=C\C)/C(/C=C(/C=C(\C)NC(=C)C1CCC(CN2CC(C)C2)CC1)C(=C)C=C)=C/C. The highest BCUT2D eigenvalue weighted by Gasteiger charge is 2.28. The van der Waals surface area contributed by atoms with Crippen LogP contribution in [0.2, 0.25) is 0 Å². The van der Waals surface area contributed by atoms with Crippen LogP contribution < -0.4 is 5.32 Å². The van der Waals surface area contributed by atoms with Gasteiger partial charge in [0.15, 0.2) is 0 Å². The van der Waals surface area contributed by atoms with E-state index in [0.29, 0.717) is 5.92 Å². The van der Waals surface area contributed by atoms with Crippen molar-refractivity contribution in [2.45, 2.75) is 53.4 Å². The molecule has 2 fully saturated rings. The third-order valence-electron chi connectivity index (χ3n) is 6.72. The van der Waals surface area contributed by atoms with Crippen molar-refractivity contribution < 1.29 is 0 Å². The highest BCUT2D eigenvalue weighted by molar-refractivity contribution is 8.06. The maximum absolute atomic E-state index is 4.40. The van der Waals surface area contributed by atoms with Crippen molar-refractivity contribution in [1.82, 2.24) is 10.2 Å². The van der Waals surface area contributed by atoms with Crippen LogP contribution in [-0.2, 0) is 0 Å². The Morgan fingerprint density at radius 1 is 1.00 bits per heavy atom. The third kappa shape index (κ3) is 8.39. The first-order valence-electron chi connectivity index (χ1n) is 12.3. The molecule has 0 bridgehead atoms. The van der Waals surface area contributed by atoms with Crippen LogP contribution in [-0.4, -0.2) is 24.5 Å². The van der Waals surface area contributed by atoms with E-state index in [4.69, 9.17) is 0 Å². The number of thioether (sulfide) groups is 1. The molecule has 33 heavy (non-hydrogen) atoms. The van der Waals surface area contributed by atoms with E-state index in [1.54, 1.807) is 11.8 Å². The lowest BCUT2D eigenvalue weighted by molar-refractivity contribution is 0.0796. The molecule has 2 aliphatic rings. The first-order valence-corrected chi connectivity index (χ1v) is 13.2. The molecule has 0 radical (unpaired) electrons. The average molecular weight is 465 g/mol. The lowest BCUT2D eigenvalue weighted by atomic mass is 9.80. The minimum absolute atomic E-state index is 0.555. The standard InChI is InChI=1S/C30H44N2S/c1-9-23(6)29(18-27(10-2)30(11-3)33-12-4)17-24(7)31-25(8)28-15-13-26(14-16-28)21-32-19-22(5)20-32/h9-12,17-18,22,26,28,31H,1,4,6,8,13-16,19-21H2,2-3,5,7H3/b24-17+,27-10+,29-18-,30-11-. The van der Waals surface area contributed by atoms with Gasteiger partial charge in [-0.3, -0.25) is 0 Å². The Balaban J connectivity index is 2.00. The Morgan fingerprint density at radius 2 is 1.67 bits per heavy atom. The van der Waals surface area contributed by atoms with Gasteiger partial charge in [-0.2, -0.15) is 0 Å². The van der Waals surface area contributed by atoms with E-state index in [0.717, 1.165) is 39.9 Å². The van der Waals surface area contributed by atoms with Gasteiger partial charge in [-0.05, 0) is 98.5 Å². The van der Waals surface area contributed by atoms with Crippen molar-refractivity contribution in [3.8, 4) is 0 Å². The Bertz CT molecular complexity index is 841. The molecule has 2 nitrogen and oxygen atoms in total. The first-order chi connectivity index (χ1) is 15.8. The van der Waals surface area contributed by atoms with Gasteiger partial charge < -0.3 is 10.2 Å². The van der Waals surface area contributed by atoms with E-state index < -0.39 is 0 Å². The van der Waals surface area contributed by atoms with Gasteiger partial charge in [-0.25, -0.2) is 0 Å². The molecule has 3 heteroatoms. The zero-order chi connectivity index (χ0) is 24.4. The lowest BCUT2D eigenvalue weighted by Gasteiger charge is -2.41. The highest BCUT2D eigenvalue weighted by Crippen LogP contribution is 2.34. The van der Waals surface area contributed by atoms with Crippen molar-refractivity contribution in [2.24, 2.45) is 17.8 Å². The Labute approximate surface area is 207 Å². The summed E-state index contributed by atoms with van der Waals surface area (Å²) in [6.07, 6.45) is 15.5. The van der Waals surface area contributed by atoms with Crippen molar-refractivity contribution in [3.05, 3.63) is 95.1 Å². The predicted octanol–water partition coefficient (Wildman–Crippen LogP) is 8.15. The number of hydrogen-bond acceptors (Lipinski definition) is 3. The number of rotatable bonds is 12. The summed E-state index contributed by atoms with van der Waals surface area (Å²) in [7, 11) is 0. The largest absolute Gasteiger partial charge is 0.363 e. The second-order valence-corrected chi connectivity index (χ2v) is 10.5. The molecule has 0 spiro atoms. The second-order valence-electron chi connectivity index (χ2n) is 9.53. The Hall–Kier alpha value is -1.97. The van der Waals surface area contributed by atoms with Gasteiger partial charge in [0, 0.05) is 35.9 Å². The van der Waals surface area contributed by atoms with Crippen LogP contribution in [0.5, 0.6) is 0 Å². The summed E-state index contributed by atoms with van der Waals surface area (Å²) in [6.45, 7) is 28.8. The van der Waals surface area contributed by atoms with E-state index in [2.05, 4.69) is 88.5 Å². The summed E-state index contributed by atoms with van der Waals surface area (Å²) in [4.78, 5) is 3.80. The van der Waals surface area contributed by atoms with Crippen molar-refractivity contribution >= 4 is 11.8 Å². The summed E-state index contributed by atoms with van der Waals surface area (Å²) >= 11 is 1.63. The lowest BCUT2D eigenvalue weighted by Crippen LogP contribution is -2.47. The van der Waals surface area contributed by atoms with Crippen LogP contribution in [0.25, 0.3) is 0 Å². The van der Waals surface area contributed by atoms with E-state index in [1.165, 1.54) is 50.2 Å². The van der Waals surface area contributed by atoms with Crippen LogP contribution in [0.3, 0.4) is 0 Å². The molecule has 0 aromatic rings. The molecule has 2 rings (SSSR count). The number of allylic oxidation sites excluding steroid dienone is 10. The molecular weight excluding hydrogens is 420 g/mol. The van der Waals surface area contributed by atoms with Crippen LogP contribution in [0.15, 0.2) is 95.1 Å². The molecule has 0 atom stereocenters. The molecule has 1 aliphatic carbocycles. The van der Waals surface area contributed by atoms with Gasteiger partial charge >= 0.3 is 0 Å². The molecule has 1 heterocycles. The maximum atomic E-state index is 4.40. The minimum atomic E-state index is 0.555. The smallest absolute Gasteiger partial charge is 0.0142 e. The first kappa shape index (κ1) is 27.3. The van der Waals surface area contributed by atoms with Gasteiger partial charge in [-0.15, -0.1) is 0 Å². The zero-order valence-corrected chi connectivity index (χ0v) is 22.1. The zero-order valence-electron chi connectivity index (χ0n) is 21.3. The number of likely N-dealkylation sites (tertiary alicyclic amines) is 1. The molecule has 1 saturated heterocycles. The van der Waals surface area contributed by atoms with Gasteiger partial charge in [0.25, 0.3) is 0 Å². The molecule has 0 unspecified atom stereocenters. The molecule has 0 amide bonds. The fourth-order valence-electron chi connectivity index (χ4n) is 4.86. The molecule has 1 saturated carbocycles. The Kier molecular flexibility index (Phi) is 11.3. The van der Waals surface area contributed by atoms with Crippen molar-refractivity contribution in [1.29, 1.82) is 0 Å². The summed E-state index contributed by atoms with van der Waals surface area (Å²) in [5.41, 5.74) is 5.33. The van der Waals surface area contributed by atoms with E-state index in [9.17, 15) is 0 Å². The molecule has 0 aromatic heterocycles. The fraction of sp³-hybridized carbons (Fsp3) is 0.467. The maximum Gasteiger partial charge on any atom is 0.0142 e. The normalized spacial score (nSPS) is 23.6. The summed E-state index contributed by atoms with van der Waals surface area (Å²) in [5.74, 6) is 2.31. The van der Waals surface area contributed by atoms with E-state index >= 15 is 0 Å². The third-order valence-corrected chi connectivity index (χ3v) is 7.61. The van der Waals surface area contributed by atoms with Crippen molar-refractivity contribution in [2.75, 3.05) is 19.6 Å². The molecule has 180 valence electrons. The van der Waals surface area contributed by atoms with Crippen LogP contribution >= 0.6 is 11.8 Å². The second kappa shape index (κ2) is 13.7. The number of nitrogens with zero attached hydrogens (tertiary/aromatic N) is 1. The highest BCUT2D eigenvalue weighted by atomic mass is 32.2. The van der Waals surface area contributed by atoms with Gasteiger partial charge in [0.1, 0.15) is 0 Å². The average Bonchev–Trinajstić information content (AvgIpc) is 2.79. The van der Waals surface area contributed by atoms with Gasteiger partial charge in [0.05, 0.1) is 0 Å². The number of hydrogen-bond donors (Lipinski definition) is 1. The predicted molar refractivity (Wildman–Crippen MR) is 150 cm³/mol. The van der Waals surface area contributed by atoms with Crippen LogP contribution in [0.4, 0.5) is 0 Å². The van der Waals surface area contributed by atoms with Crippen molar-refractivity contribution in [3.63, 3.8) is 0 Å². The topological polar surface area (TPSA) is 15.3 Å². The molecule has 1 N–H and O–H groups in total. The monoisotopic (exact) mass is 464 g/mol. The minimum Gasteiger partial charge on any atom is -0.363 e. The van der Waals surface area contributed by atoms with Gasteiger partial charge in [0.2, 0.25) is 0 Å². The Morgan fingerprint density at radius 3 is 2.18 bits per heavy atom. The molecule has 0 aromatic carbocycles. The molecule has 1 aliphatic heterocycles. The summed E-state index contributed by atoms with van der Waals surface area (Å²) < 4.78 is 0. The molecular formula is C30H44N2S. The summed E-state index contributed by atoms with van der Waals surface area (Å²) in [6, 6.07) is 0. The van der Waals surface area contributed by atoms with Gasteiger partial charge in [-0.1, -0.05) is 63.2 Å². The quantitative estimate of drug-likeness (QED) is 0.293. The fourth-order valence-corrected chi connectivity index (χ4v) is 5.49. The van der Waals surface area contributed by atoms with Crippen LogP contribution in [0, 0.1) is 17.8 Å². The van der Waals surface area contributed by atoms with Crippen LogP contribution in [0.1, 0.15) is 53.4 Å². The number of nitrogens with one attached hydrogen (secondary N) is 1. The summed E-state index contributed by atoms with van der Waals surface area (Å²) in [5, 5.41) is 5.45. The van der Waals surface area contributed by atoms with E-state index in [1.807, 2.05) is 11.5 Å². The van der Waals surface area contributed by atoms with E-state index in [-0.39, 0.29) is 0 Å².